The second-order valence-corrected chi connectivity index (χ2v) is 3.42. The molecule has 13 heavy (non-hydrogen) atoms. The van der Waals surface area contributed by atoms with Gasteiger partial charge >= 0.3 is 0 Å². The minimum absolute atomic E-state index is 0.800. The molecule has 0 spiro atoms. The molecule has 0 aliphatic rings. The normalized spacial score (nSPS) is 9.85. The Labute approximate surface area is 87.0 Å². The van der Waals surface area contributed by atoms with Crippen LogP contribution in [0.3, 0.4) is 0 Å². The summed E-state index contributed by atoms with van der Waals surface area (Å²) in [5.41, 5.74) is 1.18. The third-order valence-corrected chi connectivity index (χ3v) is 2.70. The van der Waals surface area contributed by atoms with Crippen LogP contribution in [0.5, 0.6) is 11.5 Å². The van der Waals surface area contributed by atoms with Crippen LogP contribution in [0, 0.1) is 0 Å². The number of hydrogen-bond acceptors (Lipinski definition) is 2. The Morgan fingerprint density at radius 1 is 1.23 bits per heavy atom. The predicted molar refractivity (Wildman–Crippen MR) is 56.6 cm³/mol. The molecular formula is C10H13BrO2. The van der Waals surface area contributed by atoms with Crippen molar-refractivity contribution in [3.05, 3.63) is 22.2 Å². The van der Waals surface area contributed by atoms with Crippen LogP contribution < -0.4 is 9.47 Å². The van der Waals surface area contributed by atoms with Gasteiger partial charge in [0.2, 0.25) is 0 Å². The first-order chi connectivity index (χ1) is 6.24. The highest BCUT2D eigenvalue weighted by Crippen LogP contribution is 2.37. The molecule has 0 atom stereocenters. The Hall–Kier alpha value is -0.700. The molecule has 1 rings (SSSR count). The number of benzene rings is 1. The Kier molecular flexibility index (Phi) is 3.60. The van der Waals surface area contributed by atoms with E-state index in [0.29, 0.717) is 0 Å². The van der Waals surface area contributed by atoms with E-state index < -0.39 is 0 Å². The van der Waals surface area contributed by atoms with Gasteiger partial charge in [-0.3, -0.25) is 0 Å². The molecule has 0 amide bonds. The second-order valence-electron chi connectivity index (χ2n) is 2.63. The van der Waals surface area contributed by atoms with Crippen LogP contribution in [0.2, 0.25) is 0 Å². The Balaban J connectivity index is 3.23. The molecule has 0 aliphatic heterocycles. The number of ether oxygens (including phenoxy) is 2. The average Bonchev–Trinajstić information content (AvgIpc) is 2.17. The van der Waals surface area contributed by atoms with Crippen molar-refractivity contribution in [1.29, 1.82) is 0 Å². The predicted octanol–water partition coefficient (Wildman–Crippen LogP) is 3.03. The summed E-state index contributed by atoms with van der Waals surface area (Å²) in [5, 5.41) is 0. The molecule has 0 unspecified atom stereocenters. The van der Waals surface area contributed by atoms with Crippen molar-refractivity contribution in [3.63, 3.8) is 0 Å². The van der Waals surface area contributed by atoms with Crippen molar-refractivity contribution in [3.8, 4) is 11.5 Å². The fourth-order valence-corrected chi connectivity index (χ4v) is 1.95. The van der Waals surface area contributed by atoms with Gasteiger partial charge in [-0.25, -0.2) is 0 Å². The van der Waals surface area contributed by atoms with Crippen LogP contribution >= 0.6 is 15.9 Å². The van der Waals surface area contributed by atoms with Gasteiger partial charge in [-0.05, 0) is 34.0 Å². The highest BCUT2D eigenvalue weighted by atomic mass is 79.9. The SMILES string of the molecule is CCc1ccc(OC)c(Br)c1OC. The molecular weight excluding hydrogens is 232 g/mol. The molecule has 0 N–H and O–H groups in total. The van der Waals surface area contributed by atoms with Crippen LogP contribution in [0.25, 0.3) is 0 Å². The van der Waals surface area contributed by atoms with E-state index >= 15 is 0 Å². The highest BCUT2D eigenvalue weighted by Gasteiger charge is 2.10. The van der Waals surface area contributed by atoms with Gasteiger partial charge in [0, 0.05) is 0 Å². The van der Waals surface area contributed by atoms with Gasteiger partial charge in [-0.15, -0.1) is 0 Å². The molecule has 1 aromatic rings. The minimum Gasteiger partial charge on any atom is -0.495 e. The molecule has 0 aromatic heterocycles. The fourth-order valence-electron chi connectivity index (χ4n) is 1.23. The van der Waals surface area contributed by atoms with Gasteiger partial charge in [0.1, 0.15) is 16.0 Å². The topological polar surface area (TPSA) is 18.5 Å². The lowest BCUT2D eigenvalue weighted by Gasteiger charge is -2.11. The molecule has 0 saturated heterocycles. The Morgan fingerprint density at radius 3 is 2.38 bits per heavy atom. The largest absolute Gasteiger partial charge is 0.495 e. The molecule has 72 valence electrons. The average molecular weight is 245 g/mol. The Bertz CT molecular complexity index is 297. The maximum absolute atomic E-state index is 5.28. The van der Waals surface area contributed by atoms with E-state index in [-0.39, 0.29) is 0 Å². The lowest BCUT2D eigenvalue weighted by Crippen LogP contribution is -1.94. The van der Waals surface area contributed by atoms with E-state index in [2.05, 4.69) is 22.9 Å². The highest BCUT2D eigenvalue weighted by molar-refractivity contribution is 9.10. The summed E-state index contributed by atoms with van der Waals surface area (Å²) in [7, 11) is 3.31. The first-order valence-electron chi connectivity index (χ1n) is 4.14. The molecule has 0 heterocycles. The van der Waals surface area contributed by atoms with E-state index in [1.54, 1.807) is 14.2 Å². The number of halogens is 1. The summed E-state index contributed by atoms with van der Waals surface area (Å²) >= 11 is 3.44. The van der Waals surface area contributed by atoms with E-state index in [1.807, 2.05) is 12.1 Å². The fraction of sp³-hybridized carbons (Fsp3) is 0.400. The first kappa shape index (κ1) is 10.4. The van der Waals surface area contributed by atoms with Crippen molar-refractivity contribution in [2.45, 2.75) is 13.3 Å². The summed E-state index contributed by atoms with van der Waals surface area (Å²) in [6.45, 7) is 2.09. The lowest BCUT2D eigenvalue weighted by atomic mass is 10.1. The number of methoxy groups -OCH3 is 2. The molecule has 0 aliphatic carbocycles. The summed E-state index contributed by atoms with van der Waals surface area (Å²) in [5.74, 6) is 1.66. The monoisotopic (exact) mass is 244 g/mol. The van der Waals surface area contributed by atoms with Gasteiger partial charge in [-0.2, -0.15) is 0 Å². The van der Waals surface area contributed by atoms with Crippen molar-refractivity contribution in [2.75, 3.05) is 14.2 Å². The molecule has 0 radical (unpaired) electrons. The van der Waals surface area contributed by atoms with Crippen LogP contribution in [-0.2, 0) is 6.42 Å². The van der Waals surface area contributed by atoms with Crippen molar-refractivity contribution < 1.29 is 9.47 Å². The van der Waals surface area contributed by atoms with Crippen molar-refractivity contribution in [2.24, 2.45) is 0 Å². The summed E-state index contributed by atoms with van der Waals surface area (Å²) < 4.78 is 11.3. The first-order valence-corrected chi connectivity index (χ1v) is 4.93. The van der Waals surface area contributed by atoms with Gasteiger partial charge in [0.25, 0.3) is 0 Å². The zero-order valence-electron chi connectivity index (χ0n) is 8.06. The minimum atomic E-state index is 0.800. The second kappa shape index (κ2) is 4.51. The van der Waals surface area contributed by atoms with Gasteiger partial charge in [0.15, 0.2) is 0 Å². The zero-order chi connectivity index (χ0) is 9.84. The van der Waals surface area contributed by atoms with Crippen LogP contribution in [-0.4, -0.2) is 14.2 Å². The number of aryl methyl sites for hydroxylation is 1. The maximum atomic E-state index is 5.28. The van der Waals surface area contributed by atoms with E-state index in [0.717, 1.165) is 22.4 Å². The van der Waals surface area contributed by atoms with Gasteiger partial charge < -0.3 is 9.47 Å². The third kappa shape index (κ3) is 1.97. The third-order valence-electron chi connectivity index (χ3n) is 1.95. The molecule has 2 nitrogen and oxygen atoms in total. The number of hydrogen-bond donors (Lipinski definition) is 0. The standard InChI is InChI=1S/C10H13BrO2/c1-4-7-5-6-8(12-2)9(11)10(7)13-3/h5-6H,4H2,1-3H3. The smallest absolute Gasteiger partial charge is 0.139 e. The Morgan fingerprint density at radius 2 is 1.92 bits per heavy atom. The van der Waals surface area contributed by atoms with Crippen molar-refractivity contribution in [1.82, 2.24) is 0 Å². The van der Waals surface area contributed by atoms with Gasteiger partial charge in [0.05, 0.1) is 14.2 Å². The van der Waals surface area contributed by atoms with Crippen molar-refractivity contribution >= 4 is 15.9 Å². The summed E-state index contributed by atoms with van der Waals surface area (Å²) in [4.78, 5) is 0. The zero-order valence-corrected chi connectivity index (χ0v) is 9.64. The quantitative estimate of drug-likeness (QED) is 0.814. The lowest BCUT2D eigenvalue weighted by molar-refractivity contribution is 0.386. The van der Waals surface area contributed by atoms with E-state index in [9.17, 15) is 0 Å². The van der Waals surface area contributed by atoms with E-state index in [1.165, 1.54) is 5.56 Å². The molecule has 0 bridgehead atoms. The molecule has 1 aromatic carbocycles. The van der Waals surface area contributed by atoms with Crippen LogP contribution in [0.4, 0.5) is 0 Å². The molecule has 0 saturated carbocycles. The van der Waals surface area contributed by atoms with Gasteiger partial charge in [-0.1, -0.05) is 13.0 Å². The molecule has 0 fully saturated rings. The van der Waals surface area contributed by atoms with Crippen LogP contribution in [0.15, 0.2) is 16.6 Å². The number of rotatable bonds is 3. The summed E-state index contributed by atoms with van der Waals surface area (Å²) in [6, 6.07) is 3.95. The summed E-state index contributed by atoms with van der Waals surface area (Å²) in [6.07, 6.45) is 0.950. The molecule has 3 heteroatoms. The van der Waals surface area contributed by atoms with Crippen LogP contribution in [0.1, 0.15) is 12.5 Å². The van der Waals surface area contributed by atoms with E-state index in [4.69, 9.17) is 9.47 Å². The maximum Gasteiger partial charge on any atom is 0.139 e.